The molecule has 0 bridgehead atoms. The van der Waals surface area contributed by atoms with E-state index < -0.39 is 22.8 Å². The second-order valence-electron chi connectivity index (χ2n) is 7.98. The number of nitro groups is 1. The lowest BCUT2D eigenvalue weighted by molar-refractivity contribution is -0.384. The number of aromatic hydroxyl groups is 1. The van der Waals surface area contributed by atoms with Crippen LogP contribution in [0, 0.1) is 10.1 Å². The Hall–Kier alpha value is -4.60. The number of benzene rings is 2. The average Bonchev–Trinajstić information content (AvgIpc) is 2.87. The minimum absolute atomic E-state index is 0.0227. The van der Waals surface area contributed by atoms with Gasteiger partial charge in [0, 0.05) is 23.5 Å². The van der Waals surface area contributed by atoms with Gasteiger partial charge in [-0.05, 0) is 50.1 Å². The molecule has 194 valence electrons. The van der Waals surface area contributed by atoms with Gasteiger partial charge in [0.25, 0.3) is 5.69 Å². The van der Waals surface area contributed by atoms with E-state index in [9.17, 15) is 24.8 Å². The Labute approximate surface area is 214 Å². The number of nitro benzene ring substituents is 1. The zero-order valence-corrected chi connectivity index (χ0v) is 20.9. The van der Waals surface area contributed by atoms with Crippen molar-refractivity contribution < 1.29 is 33.8 Å². The topological polar surface area (TPSA) is 137 Å². The summed E-state index contributed by atoms with van der Waals surface area (Å²) in [4.78, 5) is 37.3. The summed E-state index contributed by atoms with van der Waals surface area (Å²) in [5, 5.41) is 24.5. The molecule has 37 heavy (non-hydrogen) atoms. The van der Waals surface area contributed by atoms with Crippen LogP contribution in [0.1, 0.15) is 37.8 Å². The highest BCUT2D eigenvalue weighted by molar-refractivity contribution is 6.00. The number of carbonyl (C=O) groups is 2. The van der Waals surface area contributed by atoms with Crippen molar-refractivity contribution in [2.45, 2.75) is 26.7 Å². The number of rotatable bonds is 9. The summed E-state index contributed by atoms with van der Waals surface area (Å²) >= 11 is 0. The summed E-state index contributed by atoms with van der Waals surface area (Å²) < 4.78 is 15.8. The Bertz CT molecular complexity index is 1310. The number of phenols is 1. The number of methoxy groups -OCH3 is 1. The van der Waals surface area contributed by atoms with Crippen LogP contribution >= 0.6 is 0 Å². The molecule has 1 unspecified atom stereocenters. The van der Waals surface area contributed by atoms with E-state index >= 15 is 0 Å². The SMILES string of the molecule is CCOC(=O)C1=C(C)NC(/C=C/c2ccc(O)c(OC)c2)=C(C(=O)OCC)C1c1cccc([N+](=O)[O-])c1. The van der Waals surface area contributed by atoms with E-state index in [1.807, 2.05) is 0 Å². The van der Waals surface area contributed by atoms with Crippen molar-refractivity contribution in [2.24, 2.45) is 0 Å². The monoisotopic (exact) mass is 508 g/mol. The highest BCUT2D eigenvalue weighted by Crippen LogP contribution is 2.40. The van der Waals surface area contributed by atoms with Gasteiger partial charge in [0.15, 0.2) is 11.5 Å². The molecule has 0 saturated heterocycles. The molecule has 0 radical (unpaired) electrons. The van der Waals surface area contributed by atoms with Crippen molar-refractivity contribution in [3.05, 3.63) is 92.3 Å². The van der Waals surface area contributed by atoms with Gasteiger partial charge in [0.1, 0.15) is 0 Å². The fourth-order valence-corrected chi connectivity index (χ4v) is 4.03. The van der Waals surface area contributed by atoms with Crippen LogP contribution in [0.3, 0.4) is 0 Å². The number of carbonyl (C=O) groups excluding carboxylic acids is 2. The number of hydrogen-bond donors (Lipinski definition) is 2. The Morgan fingerprint density at radius 1 is 1.05 bits per heavy atom. The molecule has 10 heteroatoms. The van der Waals surface area contributed by atoms with Gasteiger partial charge < -0.3 is 24.6 Å². The number of non-ortho nitro benzene ring substituents is 1. The van der Waals surface area contributed by atoms with Crippen molar-refractivity contribution in [3.63, 3.8) is 0 Å². The molecule has 0 saturated carbocycles. The molecule has 2 aromatic rings. The van der Waals surface area contributed by atoms with Crippen LogP contribution in [-0.2, 0) is 19.1 Å². The maximum Gasteiger partial charge on any atom is 0.337 e. The molecule has 2 aromatic carbocycles. The highest BCUT2D eigenvalue weighted by atomic mass is 16.6. The third-order valence-corrected chi connectivity index (χ3v) is 5.64. The average molecular weight is 509 g/mol. The van der Waals surface area contributed by atoms with Crippen molar-refractivity contribution in [1.82, 2.24) is 5.32 Å². The Balaban J connectivity index is 2.24. The van der Waals surface area contributed by atoms with Gasteiger partial charge >= 0.3 is 11.9 Å². The third kappa shape index (κ3) is 5.97. The molecule has 0 amide bonds. The molecule has 1 aliphatic rings. The molecule has 1 atom stereocenters. The first-order valence-electron chi connectivity index (χ1n) is 11.6. The van der Waals surface area contributed by atoms with Gasteiger partial charge in [-0.3, -0.25) is 10.1 Å². The summed E-state index contributed by atoms with van der Waals surface area (Å²) in [6, 6.07) is 10.5. The minimum atomic E-state index is -0.992. The van der Waals surface area contributed by atoms with Crippen molar-refractivity contribution in [3.8, 4) is 11.5 Å². The number of hydrogen-bond acceptors (Lipinski definition) is 9. The van der Waals surface area contributed by atoms with Gasteiger partial charge in [0.2, 0.25) is 0 Å². The number of nitrogens with one attached hydrogen (secondary N) is 1. The fraction of sp³-hybridized carbons (Fsp3) is 0.259. The first-order chi connectivity index (χ1) is 17.7. The largest absolute Gasteiger partial charge is 0.504 e. The number of allylic oxidation sites excluding steroid dienone is 2. The summed E-state index contributed by atoms with van der Waals surface area (Å²) in [7, 11) is 1.43. The number of phenolic OH excluding ortho intramolecular Hbond substituents is 1. The van der Waals surface area contributed by atoms with Crippen LogP contribution in [-0.4, -0.2) is 42.3 Å². The lowest BCUT2D eigenvalue weighted by Crippen LogP contribution is -2.33. The quantitative estimate of drug-likeness (QED) is 0.287. The first kappa shape index (κ1) is 27.0. The van der Waals surface area contributed by atoms with E-state index in [4.69, 9.17) is 14.2 Å². The maximum atomic E-state index is 13.3. The first-order valence-corrected chi connectivity index (χ1v) is 11.6. The lowest BCUT2D eigenvalue weighted by Gasteiger charge is -2.30. The molecule has 0 spiro atoms. The van der Waals surface area contributed by atoms with Crippen LogP contribution < -0.4 is 10.1 Å². The highest BCUT2D eigenvalue weighted by Gasteiger charge is 2.39. The smallest absolute Gasteiger partial charge is 0.337 e. The van der Waals surface area contributed by atoms with Gasteiger partial charge in [0.05, 0.1) is 42.3 Å². The summed E-state index contributed by atoms with van der Waals surface area (Å²) in [6.07, 6.45) is 3.32. The van der Waals surface area contributed by atoms with E-state index in [-0.39, 0.29) is 41.5 Å². The number of dihydropyridines is 1. The van der Waals surface area contributed by atoms with Crippen LogP contribution in [0.2, 0.25) is 0 Å². The molecule has 10 nitrogen and oxygen atoms in total. The zero-order chi connectivity index (χ0) is 27.1. The molecule has 0 aliphatic carbocycles. The molecule has 1 aliphatic heterocycles. The van der Waals surface area contributed by atoms with Crippen molar-refractivity contribution >= 4 is 23.7 Å². The van der Waals surface area contributed by atoms with E-state index in [0.29, 0.717) is 22.5 Å². The lowest BCUT2D eigenvalue weighted by atomic mass is 9.80. The molecule has 2 N–H and O–H groups in total. The molecular weight excluding hydrogens is 480 g/mol. The summed E-state index contributed by atoms with van der Waals surface area (Å²) in [6.45, 7) is 5.16. The van der Waals surface area contributed by atoms with Gasteiger partial charge in [-0.2, -0.15) is 0 Å². The van der Waals surface area contributed by atoms with Gasteiger partial charge in [-0.25, -0.2) is 9.59 Å². The van der Waals surface area contributed by atoms with E-state index in [1.165, 1.54) is 31.4 Å². The predicted octanol–water partition coefficient (Wildman–Crippen LogP) is 4.36. The summed E-state index contributed by atoms with van der Waals surface area (Å²) in [5.74, 6) is -2.09. The number of ether oxygens (including phenoxy) is 3. The van der Waals surface area contributed by atoms with Gasteiger partial charge in [-0.15, -0.1) is 0 Å². The normalized spacial score (nSPS) is 15.4. The van der Waals surface area contributed by atoms with Crippen LogP contribution in [0.5, 0.6) is 11.5 Å². The van der Waals surface area contributed by atoms with Crippen LogP contribution in [0.15, 0.2) is 71.1 Å². The fourth-order valence-electron chi connectivity index (χ4n) is 4.03. The molecule has 3 rings (SSSR count). The summed E-state index contributed by atoms with van der Waals surface area (Å²) in [5.41, 5.74) is 1.84. The van der Waals surface area contributed by atoms with Crippen molar-refractivity contribution in [2.75, 3.05) is 20.3 Å². The standard InChI is InChI=1S/C27H28N2O8/c1-5-36-26(31)23-16(3)28-20(12-10-17-11-13-21(30)22(14-17)35-4)25(27(32)37-6-2)24(23)18-8-7-9-19(15-18)29(33)34/h7-15,24,28,30H,5-6H2,1-4H3/b12-10+. The van der Waals surface area contributed by atoms with E-state index in [2.05, 4.69) is 5.32 Å². The van der Waals surface area contributed by atoms with Crippen molar-refractivity contribution in [1.29, 1.82) is 0 Å². The Morgan fingerprint density at radius 2 is 1.73 bits per heavy atom. The Morgan fingerprint density at radius 3 is 2.35 bits per heavy atom. The van der Waals surface area contributed by atoms with E-state index in [1.54, 1.807) is 51.1 Å². The molecule has 0 fully saturated rings. The molecular formula is C27H28N2O8. The third-order valence-electron chi connectivity index (χ3n) is 5.64. The zero-order valence-electron chi connectivity index (χ0n) is 20.9. The number of esters is 2. The minimum Gasteiger partial charge on any atom is -0.504 e. The van der Waals surface area contributed by atoms with Gasteiger partial charge in [-0.1, -0.05) is 24.3 Å². The Kier molecular flexibility index (Phi) is 8.68. The molecule has 0 aromatic heterocycles. The van der Waals surface area contributed by atoms with E-state index in [0.717, 1.165) is 0 Å². The van der Waals surface area contributed by atoms with Crippen LogP contribution in [0.4, 0.5) is 5.69 Å². The predicted molar refractivity (Wildman–Crippen MR) is 136 cm³/mol. The maximum absolute atomic E-state index is 13.3. The molecule has 1 heterocycles. The second kappa shape index (κ2) is 11.9. The second-order valence-corrected chi connectivity index (χ2v) is 7.98. The number of nitrogens with zero attached hydrogens (tertiary/aromatic N) is 1. The van der Waals surface area contributed by atoms with Crippen LogP contribution in [0.25, 0.3) is 6.08 Å².